The molecule has 0 aliphatic carbocycles. The van der Waals surface area contributed by atoms with Crippen LogP contribution in [-0.4, -0.2) is 17.4 Å². The van der Waals surface area contributed by atoms with Crippen molar-refractivity contribution in [2.45, 2.75) is 25.9 Å². The summed E-state index contributed by atoms with van der Waals surface area (Å²) in [5.74, 6) is -0.396. The summed E-state index contributed by atoms with van der Waals surface area (Å²) in [4.78, 5) is 15.2. The van der Waals surface area contributed by atoms with E-state index < -0.39 is 6.04 Å². The maximum absolute atomic E-state index is 13.0. The Hall–Kier alpha value is -1.72. The molecule has 2 rings (SSSR count). The van der Waals surface area contributed by atoms with Crippen LogP contribution in [0.15, 0.2) is 41.8 Å². The number of benzene rings is 1. The van der Waals surface area contributed by atoms with E-state index in [-0.39, 0.29) is 17.8 Å². The van der Waals surface area contributed by atoms with Gasteiger partial charge in [-0.2, -0.15) is 0 Å². The van der Waals surface area contributed by atoms with E-state index >= 15 is 0 Å². The van der Waals surface area contributed by atoms with E-state index in [4.69, 9.17) is 5.73 Å². The molecule has 2 unspecified atom stereocenters. The predicted molar refractivity (Wildman–Crippen MR) is 83.4 cm³/mol. The van der Waals surface area contributed by atoms with Crippen molar-refractivity contribution in [2.75, 3.05) is 6.54 Å². The Balaban J connectivity index is 2.18. The fraction of sp³-hybridized carbons (Fsp3) is 0.312. The lowest BCUT2D eigenvalue weighted by atomic mass is 10.1. The Bertz CT molecular complexity index is 583. The van der Waals surface area contributed by atoms with Gasteiger partial charge in [0.15, 0.2) is 0 Å². The first-order chi connectivity index (χ1) is 10.0. The second kappa shape index (κ2) is 6.83. The van der Waals surface area contributed by atoms with Gasteiger partial charge < -0.3 is 10.6 Å². The van der Waals surface area contributed by atoms with Gasteiger partial charge in [-0.3, -0.25) is 4.79 Å². The number of hydrogen-bond donors (Lipinski definition) is 1. The first-order valence-corrected chi connectivity index (χ1v) is 7.77. The van der Waals surface area contributed by atoms with Crippen LogP contribution in [0.2, 0.25) is 0 Å². The molecule has 0 saturated carbocycles. The minimum atomic E-state index is -0.646. The van der Waals surface area contributed by atoms with Gasteiger partial charge in [0.25, 0.3) is 0 Å². The third-order valence-corrected chi connectivity index (χ3v) is 4.51. The minimum absolute atomic E-state index is 0.114. The molecular formula is C16H19FN2OS. The molecular weight excluding hydrogens is 287 g/mol. The van der Waals surface area contributed by atoms with Crippen molar-refractivity contribution in [3.8, 4) is 0 Å². The van der Waals surface area contributed by atoms with Gasteiger partial charge in [-0.15, -0.1) is 11.3 Å². The number of halogens is 1. The minimum Gasteiger partial charge on any atom is -0.335 e. The molecule has 21 heavy (non-hydrogen) atoms. The maximum atomic E-state index is 13.0. The molecule has 1 heterocycles. The van der Waals surface area contributed by atoms with Crippen molar-refractivity contribution in [1.82, 2.24) is 4.90 Å². The van der Waals surface area contributed by atoms with Crippen molar-refractivity contribution in [1.29, 1.82) is 0 Å². The summed E-state index contributed by atoms with van der Waals surface area (Å²) in [6, 6.07) is 9.17. The molecule has 1 amide bonds. The molecule has 2 aromatic rings. The van der Waals surface area contributed by atoms with E-state index in [1.54, 1.807) is 17.0 Å². The van der Waals surface area contributed by atoms with E-state index in [9.17, 15) is 9.18 Å². The molecule has 0 aliphatic heterocycles. The van der Waals surface area contributed by atoms with Crippen LogP contribution < -0.4 is 5.73 Å². The molecule has 2 atom stereocenters. The largest absolute Gasteiger partial charge is 0.335 e. The van der Waals surface area contributed by atoms with Gasteiger partial charge in [-0.1, -0.05) is 18.2 Å². The molecule has 0 fully saturated rings. The number of carbonyl (C=O) groups is 1. The number of carbonyl (C=O) groups excluding carboxylic acids is 1. The van der Waals surface area contributed by atoms with Crippen LogP contribution in [0.1, 0.15) is 36.4 Å². The van der Waals surface area contributed by atoms with Crippen molar-refractivity contribution in [3.05, 3.63) is 58.0 Å². The van der Waals surface area contributed by atoms with E-state index in [0.717, 1.165) is 10.4 Å². The normalized spacial score (nSPS) is 13.7. The zero-order valence-corrected chi connectivity index (χ0v) is 12.9. The van der Waals surface area contributed by atoms with Crippen LogP contribution >= 0.6 is 11.3 Å². The molecule has 112 valence electrons. The summed E-state index contributed by atoms with van der Waals surface area (Å²) in [6.07, 6.45) is 0. The third-order valence-electron chi connectivity index (χ3n) is 3.56. The monoisotopic (exact) mass is 306 g/mol. The smallest absolute Gasteiger partial charge is 0.245 e. The number of rotatable bonds is 5. The quantitative estimate of drug-likeness (QED) is 0.919. The van der Waals surface area contributed by atoms with Gasteiger partial charge in [-0.25, -0.2) is 4.39 Å². The van der Waals surface area contributed by atoms with Gasteiger partial charge in [0.05, 0.1) is 6.04 Å². The first-order valence-electron chi connectivity index (χ1n) is 6.89. The average molecular weight is 306 g/mol. The fourth-order valence-corrected chi connectivity index (χ4v) is 3.03. The van der Waals surface area contributed by atoms with Crippen LogP contribution in [0.4, 0.5) is 4.39 Å². The zero-order chi connectivity index (χ0) is 15.4. The highest BCUT2D eigenvalue weighted by molar-refractivity contribution is 7.10. The number of nitrogens with two attached hydrogens (primary N) is 1. The summed E-state index contributed by atoms with van der Waals surface area (Å²) < 4.78 is 13.0. The SMILES string of the molecule is CCN(C(=O)C(N)c1cccs1)C(C)c1ccc(F)cc1. The molecule has 2 N–H and O–H groups in total. The van der Waals surface area contributed by atoms with Crippen LogP contribution in [0.5, 0.6) is 0 Å². The van der Waals surface area contributed by atoms with Crippen molar-refractivity contribution < 1.29 is 9.18 Å². The van der Waals surface area contributed by atoms with Crippen LogP contribution in [-0.2, 0) is 4.79 Å². The van der Waals surface area contributed by atoms with Gasteiger partial charge in [0.2, 0.25) is 5.91 Å². The maximum Gasteiger partial charge on any atom is 0.245 e. The predicted octanol–water partition coefficient (Wildman–Crippen LogP) is 3.50. The van der Waals surface area contributed by atoms with Crippen molar-refractivity contribution >= 4 is 17.2 Å². The second-order valence-corrected chi connectivity index (χ2v) is 5.82. The first kappa shape index (κ1) is 15.7. The summed E-state index contributed by atoms with van der Waals surface area (Å²) in [7, 11) is 0. The summed E-state index contributed by atoms with van der Waals surface area (Å²) in [5, 5.41) is 1.90. The Morgan fingerprint density at radius 1 is 1.33 bits per heavy atom. The third kappa shape index (κ3) is 3.49. The Morgan fingerprint density at radius 2 is 2.00 bits per heavy atom. The topological polar surface area (TPSA) is 46.3 Å². The highest BCUT2D eigenvalue weighted by atomic mass is 32.1. The molecule has 0 aliphatic rings. The molecule has 0 bridgehead atoms. The van der Waals surface area contributed by atoms with E-state index in [2.05, 4.69) is 0 Å². The zero-order valence-electron chi connectivity index (χ0n) is 12.1. The van der Waals surface area contributed by atoms with Crippen LogP contribution in [0, 0.1) is 5.82 Å². The molecule has 5 heteroatoms. The Morgan fingerprint density at radius 3 is 2.52 bits per heavy atom. The second-order valence-electron chi connectivity index (χ2n) is 4.84. The summed E-state index contributed by atoms with van der Waals surface area (Å²) in [6.45, 7) is 4.39. The number of thiophene rings is 1. The van der Waals surface area contributed by atoms with Crippen LogP contribution in [0.3, 0.4) is 0 Å². The molecule has 1 aromatic carbocycles. The number of amides is 1. The van der Waals surface area contributed by atoms with Gasteiger partial charge in [0, 0.05) is 11.4 Å². The molecule has 0 radical (unpaired) electrons. The van der Waals surface area contributed by atoms with Crippen molar-refractivity contribution in [2.24, 2.45) is 5.73 Å². The van der Waals surface area contributed by atoms with Gasteiger partial charge in [0.1, 0.15) is 11.9 Å². The summed E-state index contributed by atoms with van der Waals surface area (Å²) >= 11 is 1.47. The van der Waals surface area contributed by atoms with Gasteiger partial charge >= 0.3 is 0 Å². The fourth-order valence-electron chi connectivity index (χ4n) is 2.31. The Labute approximate surface area is 128 Å². The molecule has 0 saturated heterocycles. The standard InChI is InChI=1S/C16H19FN2OS/c1-3-19(11(2)12-6-8-13(17)9-7-12)16(20)15(18)14-5-4-10-21-14/h4-11,15H,3,18H2,1-2H3. The lowest BCUT2D eigenvalue weighted by molar-refractivity contribution is -0.134. The molecule has 0 spiro atoms. The van der Waals surface area contributed by atoms with E-state index in [1.807, 2.05) is 31.4 Å². The lowest BCUT2D eigenvalue weighted by Gasteiger charge is -2.30. The van der Waals surface area contributed by atoms with Gasteiger partial charge in [-0.05, 0) is 43.0 Å². The van der Waals surface area contributed by atoms with Crippen molar-refractivity contribution in [3.63, 3.8) is 0 Å². The molecule has 3 nitrogen and oxygen atoms in total. The number of nitrogens with zero attached hydrogens (tertiary/aromatic N) is 1. The lowest BCUT2D eigenvalue weighted by Crippen LogP contribution is -2.39. The molecule has 1 aromatic heterocycles. The van der Waals surface area contributed by atoms with E-state index in [0.29, 0.717) is 6.54 Å². The number of hydrogen-bond acceptors (Lipinski definition) is 3. The average Bonchev–Trinajstić information content (AvgIpc) is 3.01. The van der Waals surface area contributed by atoms with Crippen LogP contribution in [0.25, 0.3) is 0 Å². The number of likely N-dealkylation sites (N-methyl/N-ethyl adjacent to an activating group) is 1. The highest BCUT2D eigenvalue weighted by Gasteiger charge is 2.26. The Kier molecular flexibility index (Phi) is 5.09. The highest BCUT2D eigenvalue weighted by Crippen LogP contribution is 2.25. The summed E-state index contributed by atoms with van der Waals surface area (Å²) in [5.41, 5.74) is 6.95. The van der Waals surface area contributed by atoms with E-state index in [1.165, 1.54) is 23.5 Å².